The number of ether oxygens (including phenoxy) is 2. The van der Waals surface area contributed by atoms with E-state index >= 15 is 0 Å². The molecule has 2 aromatic heterocycles. The van der Waals surface area contributed by atoms with Crippen molar-refractivity contribution in [2.75, 3.05) is 20.4 Å². The molecule has 156 valence electrons. The second-order valence-corrected chi connectivity index (χ2v) is 7.15. The molecule has 0 bridgehead atoms. The molecule has 8 nitrogen and oxygen atoms in total. The molecule has 8 heteroatoms. The van der Waals surface area contributed by atoms with Crippen molar-refractivity contribution in [1.82, 2.24) is 25.4 Å². The van der Waals surface area contributed by atoms with E-state index in [1.807, 2.05) is 55.1 Å². The minimum absolute atomic E-state index is 0.296. The Morgan fingerprint density at radius 3 is 2.63 bits per heavy atom. The lowest BCUT2D eigenvalue weighted by Crippen LogP contribution is -2.37. The fraction of sp³-hybridized carbons (Fsp3) is 0.318. The molecule has 3 aromatic rings. The molecule has 1 aromatic carbocycles. The number of fused-ring (bicyclic) bond motifs is 1. The first-order valence-electron chi connectivity index (χ1n) is 9.94. The number of hydrogen-bond donors (Lipinski definition) is 2. The zero-order valence-electron chi connectivity index (χ0n) is 17.5. The third-order valence-electron chi connectivity index (χ3n) is 4.86. The van der Waals surface area contributed by atoms with Gasteiger partial charge in [-0.25, -0.2) is 9.67 Å². The number of rotatable bonds is 6. The number of nitrogens with zero attached hydrogens (tertiary/aromatic N) is 4. The van der Waals surface area contributed by atoms with E-state index < -0.39 is 0 Å². The van der Waals surface area contributed by atoms with Crippen LogP contribution in [0.5, 0.6) is 11.5 Å². The Morgan fingerprint density at radius 2 is 1.90 bits per heavy atom. The first kappa shape index (κ1) is 19.8. The van der Waals surface area contributed by atoms with Crippen molar-refractivity contribution >= 4 is 5.96 Å². The summed E-state index contributed by atoms with van der Waals surface area (Å²) in [6.07, 6.45) is 2.72. The summed E-state index contributed by atoms with van der Waals surface area (Å²) in [6, 6.07) is 12.1. The predicted octanol–water partition coefficient (Wildman–Crippen LogP) is 2.52. The molecule has 3 heterocycles. The van der Waals surface area contributed by atoms with Gasteiger partial charge in [-0.15, -0.1) is 0 Å². The fourth-order valence-electron chi connectivity index (χ4n) is 3.34. The SMILES string of the molecule is CN=C(NCCc1ccc2c(c1)OCO2)NCc1ccc(-n2nc(C)cc2C)nc1. The van der Waals surface area contributed by atoms with Crippen molar-refractivity contribution in [3.05, 3.63) is 65.1 Å². The van der Waals surface area contributed by atoms with Crippen LogP contribution in [0.1, 0.15) is 22.5 Å². The molecule has 0 amide bonds. The lowest BCUT2D eigenvalue weighted by molar-refractivity contribution is 0.174. The zero-order chi connectivity index (χ0) is 20.9. The van der Waals surface area contributed by atoms with Gasteiger partial charge >= 0.3 is 0 Å². The van der Waals surface area contributed by atoms with Gasteiger partial charge in [-0.05, 0) is 55.7 Å². The molecule has 2 N–H and O–H groups in total. The average Bonchev–Trinajstić information content (AvgIpc) is 3.36. The molecule has 0 radical (unpaired) electrons. The lowest BCUT2D eigenvalue weighted by atomic mass is 10.1. The number of aliphatic imine (C=N–C) groups is 1. The Kier molecular flexibility index (Phi) is 5.83. The summed E-state index contributed by atoms with van der Waals surface area (Å²) in [5, 5.41) is 11.1. The number of nitrogens with one attached hydrogen (secondary N) is 2. The van der Waals surface area contributed by atoms with Crippen LogP contribution in [0.2, 0.25) is 0 Å². The van der Waals surface area contributed by atoms with Crippen LogP contribution in [-0.2, 0) is 13.0 Å². The van der Waals surface area contributed by atoms with Crippen molar-refractivity contribution in [3.8, 4) is 17.3 Å². The number of aryl methyl sites for hydroxylation is 2. The quantitative estimate of drug-likeness (QED) is 0.483. The molecule has 0 spiro atoms. The Hall–Kier alpha value is -3.55. The van der Waals surface area contributed by atoms with Gasteiger partial charge in [0.1, 0.15) is 0 Å². The topological polar surface area (TPSA) is 85.6 Å². The van der Waals surface area contributed by atoms with Gasteiger partial charge in [-0.3, -0.25) is 4.99 Å². The van der Waals surface area contributed by atoms with E-state index in [4.69, 9.17) is 9.47 Å². The number of benzene rings is 1. The molecule has 0 saturated heterocycles. The molecule has 4 rings (SSSR count). The van der Waals surface area contributed by atoms with Crippen LogP contribution in [0.3, 0.4) is 0 Å². The van der Waals surface area contributed by atoms with E-state index in [1.165, 1.54) is 5.56 Å². The molecule has 1 aliphatic heterocycles. The molecule has 0 aliphatic carbocycles. The molecular formula is C22H26N6O2. The van der Waals surface area contributed by atoms with E-state index in [-0.39, 0.29) is 0 Å². The van der Waals surface area contributed by atoms with Crippen molar-refractivity contribution in [1.29, 1.82) is 0 Å². The van der Waals surface area contributed by atoms with Crippen LogP contribution < -0.4 is 20.1 Å². The van der Waals surface area contributed by atoms with Crippen LogP contribution in [0.25, 0.3) is 5.82 Å². The molecule has 0 saturated carbocycles. The van der Waals surface area contributed by atoms with Crippen molar-refractivity contribution in [3.63, 3.8) is 0 Å². The molecule has 0 unspecified atom stereocenters. The van der Waals surface area contributed by atoms with Gasteiger partial charge in [-0.2, -0.15) is 5.10 Å². The highest BCUT2D eigenvalue weighted by Gasteiger charge is 2.13. The highest BCUT2D eigenvalue weighted by Crippen LogP contribution is 2.32. The Bertz CT molecular complexity index is 1040. The number of pyridine rings is 1. The molecule has 0 atom stereocenters. The smallest absolute Gasteiger partial charge is 0.231 e. The number of aromatic nitrogens is 3. The molecule has 1 aliphatic rings. The summed E-state index contributed by atoms with van der Waals surface area (Å²) < 4.78 is 12.6. The molecular weight excluding hydrogens is 380 g/mol. The summed E-state index contributed by atoms with van der Waals surface area (Å²) in [5.41, 5.74) is 4.30. The van der Waals surface area contributed by atoms with Crippen LogP contribution in [0.4, 0.5) is 0 Å². The van der Waals surface area contributed by atoms with E-state index in [9.17, 15) is 0 Å². The second-order valence-electron chi connectivity index (χ2n) is 7.15. The fourth-order valence-corrected chi connectivity index (χ4v) is 3.34. The maximum absolute atomic E-state index is 5.43. The van der Waals surface area contributed by atoms with Gasteiger partial charge < -0.3 is 20.1 Å². The number of hydrogen-bond acceptors (Lipinski definition) is 5. The highest BCUT2D eigenvalue weighted by molar-refractivity contribution is 5.79. The maximum Gasteiger partial charge on any atom is 0.231 e. The van der Waals surface area contributed by atoms with Gasteiger partial charge in [-0.1, -0.05) is 12.1 Å². The standard InChI is InChI=1S/C22H26N6O2/c1-15-10-16(2)28(27-15)21-7-5-18(12-25-21)13-26-22(23-3)24-9-8-17-4-6-19-20(11-17)30-14-29-19/h4-7,10-12H,8-9,13-14H2,1-3H3,(H2,23,24,26). The third kappa shape index (κ3) is 4.53. The van der Waals surface area contributed by atoms with E-state index in [0.29, 0.717) is 13.3 Å². The minimum Gasteiger partial charge on any atom is -0.454 e. The highest BCUT2D eigenvalue weighted by atomic mass is 16.7. The summed E-state index contributed by atoms with van der Waals surface area (Å²) >= 11 is 0. The van der Waals surface area contributed by atoms with Crippen LogP contribution in [0.15, 0.2) is 47.6 Å². The summed E-state index contributed by atoms with van der Waals surface area (Å²) in [5.74, 6) is 3.18. The maximum atomic E-state index is 5.43. The van der Waals surface area contributed by atoms with Crippen LogP contribution >= 0.6 is 0 Å². The van der Waals surface area contributed by atoms with E-state index in [1.54, 1.807) is 7.05 Å². The summed E-state index contributed by atoms with van der Waals surface area (Å²) in [7, 11) is 1.76. The van der Waals surface area contributed by atoms with Crippen molar-refractivity contribution < 1.29 is 9.47 Å². The Balaban J connectivity index is 1.26. The predicted molar refractivity (Wildman–Crippen MR) is 115 cm³/mol. The van der Waals surface area contributed by atoms with Gasteiger partial charge in [0.2, 0.25) is 6.79 Å². The third-order valence-corrected chi connectivity index (χ3v) is 4.86. The molecule has 30 heavy (non-hydrogen) atoms. The van der Waals surface area contributed by atoms with Gasteiger partial charge in [0.25, 0.3) is 0 Å². The van der Waals surface area contributed by atoms with Crippen molar-refractivity contribution in [2.24, 2.45) is 4.99 Å². The van der Waals surface area contributed by atoms with Crippen LogP contribution in [-0.4, -0.2) is 41.1 Å². The molecule has 0 fully saturated rings. The van der Waals surface area contributed by atoms with Gasteiger partial charge in [0, 0.05) is 32.0 Å². The van der Waals surface area contributed by atoms with E-state index in [2.05, 4.69) is 31.8 Å². The van der Waals surface area contributed by atoms with Crippen molar-refractivity contribution in [2.45, 2.75) is 26.8 Å². The number of guanidine groups is 1. The zero-order valence-corrected chi connectivity index (χ0v) is 17.5. The Labute approximate surface area is 176 Å². The van der Waals surface area contributed by atoms with Gasteiger partial charge in [0.15, 0.2) is 23.3 Å². The largest absolute Gasteiger partial charge is 0.454 e. The minimum atomic E-state index is 0.296. The first-order chi connectivity index (χ1) is 14.6. The average molecular weight is 406 g/mol. The van der Waals surface area contributed by atoms with E-state index in [0.717, 1.165) is 53.2 Å². The summed E-state index contributed by atoms with van der Waals surface area (Å²) in [4.78, 5) is 8.82. The van der Waals surface area contributed by atoms with Crippen LogP contribution in [0, 0.1) is 13.8 Å². The first-order valence-corrected chi connectivity index (χ1v) is 9.94. The Morgan fingerprint density at radius 1 is 1.07 bits per heavy atom. The second kappa shape index (κ2) is 8.86. The monoisotopic (exact) mass is 406 g/mol. The van der Waals surface area contributed by atoms with Gasteiger partial charge in [0.05, 0.1) is 5.69 Å². The lowest BCUT2D eigenvalue weighted by Gasteiger charge is -2.12. The summed E-state index contributed by atoms with van der Waals surface area (Å²) in [6.45, 7) is 5.69. The normalized spacial score (nSPS) is 12.8.